The highest BCUT2D eigenvalue weighted by atomic mass is 15.2. The van der Waals surface area contributed by atoms with E-state index < -0.39 is 0 Å². The van der Waals surface area contributed by atoms with Crippen LogP contribution in [0.4, 0.5) is 0 Å². The van der Waals surface area contributed by atoms with Gasteiger partial charge in [-0.3, -0.25) is 4.90 Å². The van der Waals surface area contributed by atoms with Gasteiger partial charge in [0.2, 0.25) is 0 Å². The molecular weight excluding hydrogens is 326 g/mol. The lowest BCUT2D eigenvalue weighted by Gasteiger charge is -2.38. The Morgan fingerprint density at radius 1 is 0.815 bits per heavy atom. The molecule has 27 heavy (non-hydrogen) atoms. The fourth-order valence-corrected chi connectivity index (χ4v) is 3.82. The third-order valence-corrected chi connectivity index (χ3v) is 5.26. The molecule has 0 spiro atoms. The Balaban J connectivity index is 1.65. The largest absolute Gasteiger partial charge is 0.287 e. The number of likely N-dealkylation sites (tertiary alicyclic amines) is 1. The van der Waals surface area contributed by atoms with E-state index in [2.05, 4.69) is 109 Å². The lowest BCUT2D eigenvalue weighted by molar-refractivity contribution is 0.190. The quantitative estimate of drug-likeness (QED) is 0.535. The van der Waals surface area contributed by atoms with Crippen molar-refractivity contribution in [2.75, 3.05) is 6.54 Å². The van der Waals surface area contributed by atoms with Crippen LogP contribution in [0.5, 0.6) is 0 Å². The van der Waals surface area contributed by atoms with Crippen LogP contribution in [0, 0.1) is 0 Å². The van der Waals surface area contributed by atoms with Crippen molar-refractivity contribution >= 4 is 6.08 Å². The standard InChI is InChI=1S/C26H25N/c1-21-17-26(24-15-9-4-10-16-24)27(19-23-13-7-3-8-14-23)20-25(21)18-22-11-5-2-6-12-22/h2-16,18,26H,1,17,19-20H2/b25-18+. The maximum Gasteiger partial charge on any atom is 0.0395 e. The second-order valence-corrected chi connectivity index (χ2v) is 7.20. The zero-order valence-electron chi connectivity index (χ0n) is 15.6. The molecule has 0 amide bonds. The fourth-order valence-electron chi connectivity index (χ4n) is 3.82. The Hall–Kier alpha value is -2.90. The molecular formula is C26H25N. The molecule has 134 valence electrons. The number of benzene rings is 3. The lowest BCUT2D eigenvalue weighted by atomic mass is 9.88. The number of piperidine rings is 1. The third-order valence-electron chi connectivity index (χ3n) is 5.26. The van der Waals surface area contributed by atoms with E-state index in [1.165, 1.54) is 27.8 Å². The van der Waals surface area contributed by atoms with Gasteiger partial charge in [-0.15, -0.1) is 0 Å². The van der Waals surface area contributed by atoms with Crippen LogP contribution in [0.15, 0.2) is 109 Å². The monoisotopic (exact) mass is 351 g/mol. The molecule has 3 aromatic rings. The summed E-state index contributed by atoms with van der Waals surface area (Å²) in [7, 11) is 0. The second-order valence-electron chi connectivity index (χ2n) is 7.20. The molecule has 1 unspecified atom stereocenters. The first-order valence-electron chi connectivity index (χ1n) is 9.56. The highest BCUT2D eigenvalue weighted by Gasteiger charge is 2.28. The summed E-state index contributed by atoms with van der Waals surface area (Å²) in [5.41, 5.74) is 6.55. The van der Waals surface area contributed by atoms with E-state index in [1.54, 1.807) is 0 Å². The summed E-state index contributed by atoms with van der Waals surface area (Å²) in [6.07, 6.45) is 3.26. The number of nitrogens with zero attached hydrogens (tertiary/aromatic N) is 1. The van der Waals surface area contributed by atoms with Crippen molar-refractivity contribution in [2.45, 2.75) is 19.0 Å². The molecule has 0 N–H and O–H groups in total. The van der Waals surface area contributed by atoms with E-state index in [1.807, 2.05) is 0 Å². The summed E-state index contributed by atoms with van der Waals surface area (Å²) in [6.45, 7) is 6.28. The molecule has 0 aliphatic carbocycles. The van der Waals surface area contributed by atoms with Gasteiger partial charge in [0, 0.05) is 19.1 Å². The topological polar surface area (TPSA) is 3.24 Å². The maximum absolute atomic E-state index is 4.41. The minimum absolute atomic E-state index is 0.367. The molecule has 1 saturated heterocycles. The summed E-state index contributed by atoms with van der Waals surface area (Å²) in [5, 5.41) is 0. The van der Waals surface area contributed by atoms with E-state index >= 15 is 0 Å². The van der Waals surface area contributed by atoms with E-state index in [-0.39, 0.29) is 0 Å². The molecule has 1 fully saturated rings. The van der Waals surface area contributed by atoms with Crippen molar-refractivity contribution in [3.63, 3.8) is 0 Å². The molecule has 1 heteroatoms. The van der Waals surface area contributed by atoms with Gasteiger partial charge in [0.1, 0.15) is 0 Å². The molecule has 1 heterocycles. The minimum atomic E-state index is 0.367. The van der Waals surface area contributed by atoms with Crippen LogP contribution < -0.4 is 0 Å². The van der Waals surface area contributed by atoms with Crippen LogP contribution in [0.3, 0.4) is 0 Å². The van der Waals surface area contributed by atoms with Crippen LogP contribution in [0.1, 0.15) is 29.2 Å². The Labute approximate surface area is 162 Å². The van der Waals surface area contributed by atoms with Gasteiger partial charge in [-0.1, -0.05) is 104 Å². The van der Waals surface area contributed by atoms with Gasteiger partial charge in [-0.05, 0) is 34.3 Å². The normalized spacial score (nSPS) is 19.3. The molecule has 0 bridgehead atoms. The summed E-state index contributed by atoms with van der Waals surface area (Å²) in [6, 6.07) is 32.5. The van der Waals surface area contributed by atoms with Crippen LogP contribution in [0.2, 0.25) is 0 Å². The summed E-state index contributed by atoms with van der Waals surface area (Å²) in [4.78, 5) is 2.58. The highest BCUT2D eigenvalue weighted by molar-refractivity contribution is 5.59. The van der Waals surface area contributed by atoms with E-state index in [0.717, 1.165) is 19.5 Å². The molecule has 0 saturated carbocycles. The van der Waals surface area contributed by atoms with Gasteiger partial charge < -0.3 is 0 Å². The van der Waals surface area contributed by atoms with Crippen molar-refractivity contribution in [2.24, 2.45) is 0 Å². The fraction of sp³-hybridized carbons (Fsp3) is 0.154. The molecule has 1 aliphatic heterocycles. The van der Waals surface area contributed by atoms with Crippen molar-refractivity contribution in [1.29, 1.82) is 0 Å². The molecule has 3 aromatic carbocycles. The number of hydrogen-bond donors (Lipinski definition) is 0. The second kappa shape index (κ2) is 8.20. The smallest absolute Gasteiger partial charge is 0.0395 e. The molecule has 1 aliphatic rings. The van der Waals surface area contributed by atoms with Crippen molar-refractivity contribution in [1.82, 2.24) is 4.90 Å². The van der Waals surface area contributed by atoms with E-state index in [0.29, 0.717) is 6.04 Å². The van der Waals surface area contributed by atoms with Crippen molar-refractivity contribution in [3.05, 3.63) is 125 Å². The summed E-state index contributed by atoms with van der Waals surface area (Å²) < 4.78 is 0. The molecule has 0 aromatic heterocycles. The van der Waals surface area contributed by atoms with Crippen molar-refractivity contribution < 1.29 is 0 Å². The van der Waals surface area contributed by atoms with Gasteiger partial charge in [0.05, 0.1) is 0 Å². The zero-order valence-corrected chi connectivity index (χ0v) is 15.6. The van der Waals surface area contributed by atoms with Gasteiger partial charge in [0.25, 0.3) is 0 Å². The predicted octanol–water partition coefficient (Wildman–Crippen LogP) is 6.27. The number of rotatable bonds is 4. The van der Waals surface area contributed by atoms with Crippen LogP contribution in [-0.2, 0) is 6.54 Å². The molecule has 4 rings (SSSR count). The van der Waals surface area contributed by atoms with Gasteiger partial charge >= 0.3 is 0 Å². The van der Waals surface area contributed by atoms with Gasteiger partial charge in [-0.25, -0.2) is 0 Å². The Kier molecular flexibility index (Phi) is 5.32. The summed E-state index contributed by atoms with van der Waals surface area (Å²) >= 11 is 0. The van der Waals surface area contributed by atoms with Crippen LogP contribution in [-0.4, -0.2) is 11.4 Å². The van der Waals surface area contributed by atoms with E-state index in [4.69, 9.17) is 0 Å². The zero-order chi connectivity index (χ0) is 18.5. The molecule has 1 nitrogen and oxygen atoms in total. The van der Waals surface area contributed by atoms with Gasteiger partial charge in [0.15, 0.2) is 0 Å². The predicted molar refractivity (Wildman–Crippen MR) is 114 cm³/mol. The summed E-state index contributed by atoms with van der Waals surface area (Å²) in [5.74, 6) is 0. The van der Waals surface area contributed by atoms with Crippen molar-refractivity contribution in [3.8, 4) is 0 Å². The first-order chi connectivity index (χ1) is 13.3. The Morgan fingerprint density at radius 3 is 2.07 bits per heavy atom. The van der Waals surface area contributed by atoms with E-state index in [9.17, 15) is 0 Å². The molecule has 1 atom stereocenters. The first kappa shape index (κ1) is 17.5. The average molecular weight is 351 g/mol. The van der Waals surface area contributed by atoms with Gasteiger partial charge in [-0.2, -0.15) is 0 Å². The highest BCUT2D eigenvalue weighted by Crippen LogP contribution is 2.37. The average Bonchev–Trinajstić information content (AvgIpc) is 2.72. The first-order valence-corrected chi connectivity index (χ1v) is 9.56. The SMILES string of the molecule is C=C1CC(c2ccccc2)N(Cc2ccccc2)C/C1=C\c1ccccc1. The number of hydrogen-bond acceptors (Lipinski definition) is 1. The maximum atomic E-state index is 4.41. The molecule has 0 radical (unpaired) electrons. The minimum Gasteiger partial charge on any atom is -0.287 e. The van der Waals surface area contributed by atoms with Crippen LogP contribution >= 0.6 is 0 Å². The van der Waals surface area contributed by atoms with Crippen LogP contribution in [0.25, 0.3) is 6.08 Å². The Bertz CT molecular complexity index is 910. The lowest BCUT2D eigenvalue weighted by Crippen LogP contribution is -2.35. The third kappa shape index (κ3) is 4.27. The Morgan fingerprint density at radius 2 is 1.41 bits per heavy atom.